The van der Waals surface area contributed by atoms with E-state index in [-0.39, 0.29) is 36.9 Å². The standard InChI is InChI=1S/C19H18N2O4/c1-12(11-22)20-17(23)14-6-4-5-13(9-14)10-21-18(24)15-7-2-3-8-16(15)19(21)25/h2-9,12,22H,10-11H2,1H3,(H,20,23). The summed E-state index contributed by atoms with van der Waals surface area (Å²) in [6, 6.07) is 13.1. The van der Waals surface area contributed by atoms with Gasteiger partial charge in [0, 0.05) is 11.6 Å². The van der Waals surface area contributed by atoms with Crippen molar-refractivity contribution in [3.8, 4) is 0 Å². The molecule has 0 spiro atoms. The van der Waals surface area contributed by atoms with Gasteiger partial charge in [0.15, 0.2) is 0 Å². The van der Waals surface area contributed by atoms with Gasteiger partial charge in [0.2, 0.25) is 0 Å². The molecule has 1 aliphatic heterocycles. The summed E-state index contributed by atoms with van der Waals surface area (Å²) in [5.41, 5.74) is 1.89. The van der Waals surface area contributed by atoms with Crippen LogP contribution in [0.4, 0.5) is 0 Å². The van der Waals surface area contributed by atoms with E-state index in [0.29, 0.717) is 22.3 Å². The monoisotopic (exact) mass is 338 g/mol. The summed E-state index contributed by atoms with van der Waals surface area (Å²) in [6.07, 6.45) is 0. The molecule has 1 aliphatic rings. The summed E-state index contributed by atoms with van der Waals surface area (Å²) >= 11 is 0. The number of hydrogen-bond acceptors (Lipinski definition) is 4. The molecule has 0 bridgehead atoms. The minimum atomic E-state index is -0.354. The molecule has 0 saturated carbocycles. The number of amides is 3. The van der Waals surface area contributed by atoms with E-state index in [1.807, 2.05) is 0 Å². The average molecular weight is 338 g/mol. The number of rotatable bonds is 5. The molecule has 1 heterocycles. The Balaban J connectivity index is 1.79. The largest absolute Gasteiger partial charge is 0.394 e. The zero-order chi connectivity index (χ0) is 18.0. The normalized spacial score (nSPS) is 14.4. The number of aliphatic hydroxyl groups is 1. The van der Waals surface area contributed by atoms with Crippen molar-refractivity contribution in [2.75, 3.05) is 6.61 Å². The third kappa shape index (κ3) is 3.29. The second-order valence-corrected chi connectivity index (χ2v) is 6.00. The van der Waals surface area contributed by atoms with Gasteiger partial charge in [-0.05, 0) is 36.8 Å². The summed E-state index contributed by atoms with van der Waals surface area (Å²) in [7, 11) is 0. The number of aliphatic hydroxyl groups excluding tert-OH is 1. The van der Waals surface area contributed by atoms with Crippen molar-refractivity contribution in [2.45, 2.75) is 19.5 Å². The Kier molecular flexibility index (Phi) is 4.63. The quantitative estimate of drug-likeness (QED) is 0.811. The number of carbonyl (C=O) groups excluding carboxylic acids is 3. The Hall–Kier alpha value is -2.99. The van der Waals surface area contributed by atoms with Crippen molar-refractivity contribution in [1.82, 2.24) is 10.2 Å². The Labute approximate surface area is 145 Å². The predicted octanol–water partition coefficient (Wildman–Crippen LogP) is 1.59. The van der Waals surface area contributed by atoms with Crippen LogP contribution in [0.1, 0.15) is 43.6 Å². The number of imide groups is 1. The minimum Gasteiger partial charge on any atom is -0.394 e. The topological polar surface area (TPSA) is 86.7 Å². The number of hydrogen-bond donors (Lipinski definition) is 2. The number of carbonyl (C=O) groups is 3. The molecule has 0 saturated heterocycles. The van der Waals surface area contributed by atoms with Crippen LogP contribution in [0.2, 0.25) is 0 Å². The fourth-order valence-electron chi connectivity index (χ4n) is 2.73. The van der Waals surface area contributed by atoms with Gasteiger partial charge >= 0.3 is 0 Å². The molecular formula is C19H18N2O4. The molecular weight excluding hydrogens is 320 g/mol. The van der Waals surface area contributed by atoms with Gasteiger partial charge in [0.05, 0.1) is 24.3 Å². The van der Waals surface area contributed by atoms with E-state index >= 15 is 0 Å². The third-order valence-electron chi connectivity index (χ3n) is 4.06. The molecule has 6 heteroatoms. The van der Waals surface area contributed by atoms with Crippen LogP contribution in [0.3, 0.4) is 0 Å². The molecule has 3 rings (SSSR count). The van der Waals surface area contributed by atoms with Crippen LogP contribution in [-0.4, -0.2) is 40.4 Å². The Bertz CT molecular complexity index is 812. The van der Waals surface area contributed by atoms with E-state index in [1.54, 1.807) is 55.5 Å². The van der Waals surface area contributed by atoms with Gasteiger partial charge in [0.25, 0.3) is 17.7 Å². The van der Waals surface area contributed by atoms with E-state index < -0.39 is 0 Å². The highest BCUT2D eigenvalue weighted by Gasteiger charge is 2.34. The molecule has 2 aromatic carbocycles. The molecule has 1 atom stereocenters. The summed E-state index contributed by atoms with van der Waals surface area (Å²) in [5, 5.41) is 11.7. The molecule has 0 radical (unpaired) electrons. The Morgan fingerprint density at radius 2 is 1.72 bits per heavy atom. The fraction of sp³-hybridized carbons (Fsp3) is 0.211. The van der Waals surface area contributed by atoms with Crippen LogP contribution >= 0.6 is 0 Å². The SMILES string of the molecule is CC(CO)NC(=O)c1cccc(CN2C(=O)c3ccccc3C2=O)c1. The lowest BCUT2D eigenvalue weighted by atomic mass is 10.1. The van der Waals surface area contributed by atoms with Gasteiger partial charge in [-0.1, -0.05) is 24.3 Å². The van der Waals surface area contributed by atoms with Gasteiger partial charge in [-0.3, -0.25) is 19.3 Å². The molecule has 2 N–H and O–H groups in total. The summed E-state index contributed by atoms with van der Waals surface area (Å²) in [5.74, 6) is -0.973. The van der Waals surface area contributed by atoms with Crippen LogP contribution in [0.25, 0.3) is 0 Å². The second-order valence-electron chi connectivity index (χ2n) is 6.00. The first-order chi connectivity index (χ1) is 12.0. The molecule has 1 unspecified atom stereocenters. The van der Waals surface area contributed by atoms with Crippen LogP contribution in [-0.2, 0) is 6.54 Å². The van der Waals surface area contributed by atoms with Crippen LogP contribution in [0.15, 0.2) is 48.5 Å². The van der Waals surface area contributed by atoms with Crippen molar-refractivity contribution < 1.29 is 19.5 Å². The smallest absolute Gasteiger partial charge is 0.261 e. The van der Waals surface area contributed by atoms with Crippen LogP contribution < -0.4 is 5.32 Å². The molecule has 6 nitrogen and oxygen atoms in total. The van der Waals surface area contributed by atoms with Gasteiger partial charge in [-0.15, -0.1) is 0 Å². The van der Waals surface area contributed by atoms with E-state index in [0.717, 1.165) is 0 Å². The van der Waals surface area contributed by atoms with E-state index in [2.05, 4.69) is 5.32 Å². The highest BCUT2D eigenvalue weighted by Crippen LogP contribution is 2.24. The maximum Gasteiger partial charge on any atom is 0.261 e. The van der Waals surface area contributed by atoms with Crippen LogP contribution in [0.5, 0.6) is 0 Å². The van der Waals surface area contributed by atoms with Gasteiger partial charge in [-0.2, -0.15) is 0 Å². The first-order valence-corrected chi connectivity index (χ1v) is 7.97. The number of nitrogens with one attached hydrogen (secondary N) is 1. The van der Waals surface area contributed by atoms with Gasteiger partial charge in [-0.25, -0.2) is 0 Å². The van der Waals surface area contributed by atoms with E-state index in [4.69, 9.17) is 5.11 Å². The summed E-state index contributed by atoms with van der Waals surface area (Å²) in [6.45, 7) is 1.64. The average Bonchev–Trinajstić information content (AvgIpc) is 2.87. The Morgan fingerprint density at radius 1 is 1.08 bits per heavy atom. The van der Waals surface area contributed by atoms with E-state index in [9.17, 15) is 14.4 Å². The highest BCUT2D eigenvalue weighted by molar-refractivity contribution is 6.21. The lowest BCUT2D eigenvalue weighted by Gasteiger charge is -2.15. The molecule has 0 aromatic heterocycles. The first-order valence-electron chi connectivity index (χ1n) is 7.97. The summed E-state index contributed by atoms with van der Waals surface area (Å²) in [4.78, 5) is 38.1. The molecule has 3 amide bonds. The molecule has 25 heavy (non-hydrogen) atoms. The first kappa shape index (κ1) is 16.9. The number of benzene rings is 2. The highest BCUT2D eigenvalue weighted by atomic mass is 16.3. The fourth-order valence-corrected chi connectivity index (χ4v) is 2.73. The summed E-state index contributed by atoms with van der Waals surface area (Å²) < 4.78 is 0. The third-order valence-corrected chi connectivity index (χ3v) is 4.06. The van der Waals surface area contributed by atoms with Crippen molar-refractivity contribution in [1.29, 1.82) is 0 Å². The van der Waals surface area contributed by atoms with Crippen molar-refractivity contribution in [2.24, 2.45) is 0 Å². The molecule has 0 aliphatic carbocycles. The minimum absolute atomic E-state index is 0.100. The molecule has 128 valence electrons. The molecule has 2 aromatic rings. The lowest BCUT2D eigenvalue weighted by molar-refractivity contribution is 0.0642. The molecule has 0 fully saturated rings. The second kappa shape index (κ2) is 6.86. The predicted molar refractivity (Wildman–Crippen MR) is 91.1 cm³/mol. The van der Waals surface area contributed by atoms with Crippen molar-refractivity contribution in [3.05, 3.63) is 70.8 Å². The van der Waals surface area contributed by atoms with Crippen molar-refractivity contribution >= 4 is 17.7 Å². The zero-order valence-electron chi connectivity index (χ0n) is 13.7. The van der Waals surface area contributed by atoms with E-state index in [1.165, 1.54) is 4.90 Å². The maximum absolute atomic E-state index is 12.4. The van der Waals surface area contributed by atoms with Crippen LogP contribution in [0, 0.1) is 0 Å². The number of fused-ring (bicyclic) bond motifs is 1. The zero-order valence-corrected chi connectivity index (χ0v) is 13.7. The van der Waals surface area contributed by atoms with Gasteiger partial charge in [0.1, 0.15) is 0 Å². The Morgan fingerprint density at radius 3 is 2.32 bits per heavy atom. The lowest BCUT2D eigenvalue weighted by Crippen LogP contribution is -2.35. The van der Waals surface area contributed by atoms with Crippen molar-refractivity contribution in [3.63, 3.8) is 0 Å². The maximum atomic E-state index is 12.4. The number of nitrogens with zero attached hydrogens (tertiary/aromatic N) is 1. The van der Waals surface area contributed by atoms with Gasteiger partial charge < -0.3 is 10.4 Å².